The third kappa shape index (κ3) is 4.77. The molecule has 1 aromatic carbocycles. The molecule has 0 aromatic heterocycles. The van der Waals surface area contributed by atoms with Crippen LogP contribution < -0.4 is 10.2 Å². The van der Waals surface area contributed by atoms with E-state index in [4.69, 9.17) is 10.00 Å². The van der Waals surface area contributed by atoms with E-state index >= 15 is 0 Å². The van der Waals surface area contributed by atoms with Gasteiger partial charge < -0.3 is 9.64 Å². The molecule has 23 heavy (non-hydrogen) atoms. The van der Waals surface area contributed by atoms with Crippen LogP contribution in [0.25, 0.3) is 0 Å². The maximum atomic E-state index is 13.1. The Kier molecular flexibility index (Phi) is 5.74. The van der Waals surface area contributed by atoms with Gasteiger partial charge in [0.05, 0.1) is 24.5 Å². The van der Waals surface area contributed by atoms with Gasteiger partial charge in [0.15, 0.2) is 11.4 Å². The number of rotatable bonds is 2. The van der Waals surface area contributed by atoms with Crippen LogP contribution in [0.15, 0.2) is 23.2 Å². The standard InChI is InChI=1S/C14H15F3N4OS/c1-23-13(19-9-18)20-11-6-10(14(15,16)17)7-12(8-11)21-2-4-22-5-3-21/h6-8H,2-5H2,1H3,(H,19,20). The molecule has 0 radical (unpaired) electrons. The summed E-state index contributed by atoms with van der Waals surface area (Å²) in [4.78, 5) is 5.91. The molecule has 0 saturated carbocycles. The van der Waals surface area contributed by atoms with E-state index in [-0.39, 0.29) is 10.9 Å². The molecule has 1 fully saturated rings. The fourth-order valence-corrected chi connectivity index (χ4v) is 2.46. The van der Waals surface area contributed by atoms with Gasteiger partial charge in [-0.2, -0.15) is 18.4 Å². The lowest BCUT2D eigenvalue weighted by atomic mass is 10.1. The van der Waals surface area contributed by atoms with Crippen molar-refractivity contribution in [3.05, 3.63) is 23.8 Å². The van der Waals surface area contributed by atoms with Crippen molar-refractivity contribution in [2.24, 2.45) is 4.99 Å². The van der Waals surface area contributed by atoms with Gasteiger partial charge in [-0.25, -0.2) is 4.99 Å². The number of anilines is 1. The minimum Gasteiger partial charge on any atom is -0.378 e. The second kappa shape index (κ2) is 7.57. The molecule has 1 aliphatic heterocycles. The number of amidine groups is 1. The normalized spacial score (nSPS) is 16.1. The maximum Gasteiger partial charge on any atom is 0.416 e. The highest BCUT2D eigenvalue weighted by atomic mass is 32.2. The Labute approximate surface area is 136 Å². The van der Waals surface area contributed by atoms with Crippen molar-refractivity contribution in [2.45, 2.75) is 6.18 Å². The number of hydrogen-bond acceptors (Lipinski definition) is 5. The number of hydrogen-bond donors (Lipinski definition) is 1. The summed E-state index contributed by atoms with van der Waals surface area (Å²) in [7, 11) is 0. The molecule has 0 atom stereocenters. The average Bonchev–Trinajstić information content (AvgIpc) is 2.54. The van der Waals surface area contributed by atoms with Crippen LogP contribution in [0.5, 0.6) is 0 Å². The Morgan fingerprint density at radius 3 is 2.61 bits per heavy atom. The lowest BCUT2D eigenvalue weighted by molar-refractivity contribution is -0.137. The second-order valence-corrected chi connectivity index (χ2v) is 5.49. The number of aliphatic imine (C=N–C) groups is 1. The van der Waals surface area contributed by atoms with E-state index in [0.717, 1.165) is 23.9 Å². The summed E-state index contributed by atoms with van der Waals surface area (Å²) in [5.74, 6) is 0. The van der Waals surface area contributed by atoms with Crippen LogP contribution in [0.1, 0.15) is 5.56 Å². The van der Waals surface area contributed by atoms with Crippen LogP contribution in [0.2, 0.25) is 0 Å². The second-order valence-electron chi connectivity index (χ2n) is 4.69. The molecule has 2 rings (SSSR count). The minimum atomic E-state index is -4.46. The van der Waals surface area contributed by atoms with E-state index in [1.165, 1.54) is 0 Å². The molecule has 1 aromatic rings. The van der Waals surface area contributed by atoms with E-state index in [0.29, 0.717) is 32.0 Å². The van der Waals surface area contributed by atoms with Gasteiger partial charge in [-0.15, -0.1) is 0 Å². The molecule has 0 bridgehead atoms. The molecule has 1 heterocycles. The Balaban J connectivity index is 2.43. The first kappa shape index (κ1) is 17.4. The third-order valence-electron chi connectivity index (χ3n) is 3.19. The van der Waals surface area contributed by atoms with E-state index < -0.39 is 11.7 Å². The minimum absolute atomic E-state index is 0.147. The number of nitrogens with zero attached hydrogens (tertiary/aromatic N) is 3. The van der Waals surface area contributed by atoms with Gasteiger partial charge in [0, 0.05) is 18.8 Å². The largest absolute Gasteiger partial charge is 0.416 e. The molecule has 0 amide bonds. The van der Waals surface area contributed by atoms with Crippen LogP contribution in [0, 0.1) is 11.5 Å². The smallest absolute Gasteiger partial charge is 0.378 e. The van der Waals surface area contributed by atoms with Crippen LogP contribution in [-0.4, -0.2) is 37.7 Å². The van der Waals surface area contributed by atoms with Gasteiger partial charge in [0.25, 0.3) is 0 Å². The molecule has 0 spiro atoms. The van der Waals surface area contributed by atoms with Crippen molar-refractivity contribution in [3.8, 4) is 6.19 Å². The fourth-order valence-electron chi connectivity index (χ4n) is 2.12. The molecule has 5 nitrogen and oxygen atoms in total. The molecule has 124 valence electrons. The van der Waals surface area contributed by atoms with Crippen LogP contribution in [0.4, 0.5) is 24.5 Å². The highest BCUT2D eigenvalue weighted by Gasteiger charge is 2.32. The van der Waals surface area contributed by atoms with E-state index in [1.807, 2.05) is 4.90 Å². The molecule has 1 aliphatic rings. The Hall–Kier alpha value is -1.92. The van der Waals surface area contributed by atoms with Crippen molar-refractivity contribution in [2.75, 3.05) is 37.5 Å². The molecular formula is C14H15F3N4OS. The predicted octanol–water partition coefficient (Wildman–Crippen LogP) is 2.96. The lowest BCUT2D eigenvalue weighted by Gasteiger charge is -2.29. The number of benzene rings is 1. The topological polar surface area (TPSA) is 60.6 Å². The van der Waals surface area contributed by atoms with Gasteiger partial charge in [0.1, 0.15) is 0 Å². The Morgan fingerprint density at radius 2 is 2.04 bits per heavy atom. The first-order valence-corrected chi connectivity index (χ1v) is 7.99. The number of nitrogens with one attached hydrogen (secondary N) is 1. The van der Waals surface area contributed by atoms with E-state index in [1.54, 1.807) is 18.5 Å². The molecule has 1 N–H and O–H groups in total. The lowest BCUT2D eigenvalue weighted by Crippen LogP contribution is -2.36. The highest BCUT2D eigenvalue weighted by molar-refractivity contribution is 8.13. The summed E-state index contributed by atoms with van der Waals surface area (Å²) in [5, 5.41) is 11.2. The summed E-state index contributed by atoms with van der Waals surface area (Å²) < 4.78 is 44.6. The average molecular weight is 344 g/mol. The van der Waals surface area contributed by atoms with Crippen molar-refractivity contribution in [3.63, 3.8) is 0 Å². The zero-order chi connectivity index (χ0) is 16.9. The Bertz CT molecular complexity index is 621. The van der Waals surface area contributed by atoms with Gasteiger partial charge in [-0.05, 0) is 24.5 Å². The van der Waals surface area contributed by atoms with Crippen LogP contribution in [-0.2, 0) is 10.9 Å². The van der Waals surface area contributed by atoms with Gasteiger partial charge in [0.2, 0.25) is 0 Å². The maximum absolute atomic E-state index is 13.1. The van der Waals surface area contributed by atoms with Crippen LogP contribution >= 0.6 is 11.8 Å². The summed E-state index contributed by atoms with van der Waals surface area (Å²) in [6.07, 6.45) is -1.07. The fraction of sp³-hybridized carbons (Fsp3) is 0.429. The van der Waals surface area contributed by atoms with E-state index in [2.05, 4.69) is 10.3 Å². The molecule has 1 saturated heterocycles. The number of ether oxygens (including phenoxy) is 1. The van der Waals surface area contributed by atoms with Gasteiger partial charge in [-0.1, -0.05) is 11.8 Å². The molecular weight excluding hydrogens is 329 g/mol. The third-order valence-corrected chi connectivity index (χ3v) is 3.77. The monoisotopic (exact) mass is 344 g/mol. The zero-order valence-electron chi connectivity index (χ0n) is 12.4. The zero-order valence-corrected chi connectivity index (χ0v) is 13.2. The van der Waals surface area contributed by atoms with Crippen molar-refractivity contribution in [1.29, 1.82) is 5.26 Å². The first-order valence-electron chi connectivity index (χ1n) is 6.77. The molecule has 9 heteroatoms. The van der Waals surface area contributed by atoms with Gasteiger partial charge >= 0.3 is 6.18 Å². The summed E-state index contributed by atoms with van der Waals surface area (Å²) in [6, 6.07) is 3.66. The number of nitriles is 1. The molecule has 0 unspecified atom stereocenters. The first-order chi connectivity index (χ1) is 10.9. The highest BCUT2D eigenvalue weighted by Crippen LogP contribution is 2.35. The number of morpholine rings is 1. The van der Waals surface area contributed by atoms with Crippen molar-refractivity contribution < 1.29 is 17.9 Å². The van der Waals surface area contributed by atoms with E-state index in [9.17, 15) is 13.2 Å². The van der Waals surface area contributed by atoms with Gasteiger partial charge in [-0.3, -0.25) is 5.32 Å². The van der Waals surface area contributed by atoms with Crippen molar-refractivity contribution >= 4 is 28.3 Å². The van der Waals surface area contributed by atoms with Crippen molar-refractivity contribution in [1.82, 2.24) is 5.32 Å². The summed E-state index contributed by atoms with van der Waals surface area (Å²) in [5.41, 5.74) is -0.176. The summed E-state index contributed by atoms with van der Waals surface area (Å²) in [6.45, 7) is 1.99. The number of thioether (sulfide) groups is 1. The quantitative estimate of drug-likeness (QED) is 0.387. The SMILES string of the molecule is CSC(=Nc1cc(N2CCOCC2)cc(C(F)(F)F)c1)NC#N. The molecule has 0 aliphatic carbocycles. The number of alkyl halides is 3. The number of halogens is 3. The van der Waals surface area contributed by atoms with Crippen LogP contribution in [0.3, 0.4) is 0 Å². The predicted molar refractivity (Wildman–Crippen MR) is 83.8 cm³/mol. The Morgan fingerprint density at radius 1 is 1.35 bits per heavy atom. The summed E-state index contributed by atoms with van der Waals surface area (Å²) >= 11 is 1.15.